The summed E-state index contributed by atoms with van der Waals surface area (Å²) < 4.78 is 33.0. The molecule has 1 aliphatic heterocycles. The molecule has 2 N–H and O–H groups in total. The highest BCUT2D eigenvalue weighted by atomic mass is 32.2. The van der Waals surface area contributed by atoms with Crippen molar-refractivity contribution in [2.75, 3.05) is 18.8 Å². The first kappa shape index (κ1) is 25.9. The Hall–Kier alpha value is -3.74. The smallest absolute Gasteiger partial charge is 0.270 e. The number of carbonyl (C=O) groups excluding carboxylic acids is 2. The van der Waals surface area contributed by atoms with Crippen LogP contribution in [0.2, 0.25) is 0 Å². The highest BCUT2D eigenvalue weighted by Crippen LogP contribution is 2.45. The van der Waals surface area contributed by atoms with Gasteiger partial charge in [0.2, 0.25) is 5.91 Å². The first-order chi connectivity index (χ1) is 18.2. The Labute approximate surface area is 223 Å². The number of thiophene rings is 1. The lowest BCUT2D eigenvalue weighted by Gasteiger charge is -2.30. The molecule has 198 valence electrons. The minimum Gasteiger partial charge on any atom is -0.444 e. The molecular weight excluding hydrogens is 528 g/mol. The van der Waals surface area contributed by atoms with E-state index in [1.807, 2.05) is 30.3 Å². The Kier molecular flexibility index (Phi) is 6.95. The second-order valence-electron chi connectivity index (χ2n) is 9.18. The van der Waals surface area contributed by atoms with Crippen molar-refractivity contribution in [2.45, 2.75) is 17.6 Å². The minimum atomic E-state index is -3.91. The van der Waals surface area contributed by atoms with Gasteiger partial charge in [-0.2, -0.15) is 0 Å². The number of nitrogens with one attached hydrogen (secondary N) is 1. The maximum atomic E-state index is 13.8. The topological polar surface area (TPSA) is 135 Å². The molecule has 4 heterocycles. The van der Waals surface area contributed by atoms with Gasteiger partial charge in [0, 0.05) is 41.7 Å². The molecule has 1 aromatic carbocycles. The predicted octanol–water partition coefficient (Wildman–Crippen LogP) is 3.46. The molecule has 0 aliphatic carbocycles. The van der Waals surface area contributed by atoms with Gasteiger partial charge in [-0.15, -0.1) is 11.3 Å². The Morgan fingerprint density at radius 2 is 1.89 bits per heavy atom. The second kappa shape index (κ2) is 10.2. The third kappa shape index (κ3) is 4.66. The maximum absolute atomic E-state index is 13.8. The summed E-state index contributed by atoms with van der Waals surface area (Å²) in [6.07, 6.45) is 4.30. The van der Waals surface area contributed by atoms with E-state index in [2.05, 4.69) is 4.98 Å². The average Bonchev–Trinajstić information content (AvgIpc) is 3.68. The molecule has 0 radical (unpaired) electrons. The molecule has 4 aromatic rings. The zero-order valence-corrected chi connectivity index (χ0v) is 22.2. The van der Waals surface area contributed by atoms with Crippen molar-refractivity contribution in [3.63, 3.8) is 0 Å². The van der Waals surface area contributed by atoms with Crippen LogP contribution in [-0.4, -0.2) is 58.7 Å². The summed E-state index contributed by atoms with van der Waals surface area (Å²) in [5.41, 5.74) is 3.77. The van der Waals surface area contributed by atoms with E-state index in [-0.39, 0.29) is 31.2 Å². The molecule has 0 bridgehead atoms. The van der Waals surface area contributed by atoms with Gasteiger partial charge >= 0.3 is 0 Å². The van der Waals surface area contributed by atoms with Gasteiger partial charge in [0.05, 0.1) is 18.4 Å². The molecule has 0 spiro atoms. The zero-order valence-electron chi connectivity index (χ0n) is 20.5. The van der Waals surface area contributed by atoms with E-state index in [1.165, 1.54) is 22.6 Å². The Morgan fingerprint density at radius 1 is 1.13 bits per heavy atom. The Balaban J connectivity index is 1.49. The number of carbonyl (C=O) groups is 2. The van der Waals surface area contributed by atoms with E-state index in [4.69, 9.17) is 4.42 Å². The molecule has 5 rings (SSSR count). The highest BCUT2D eigenvalue weighted by Gasteiger charge is 2.50. The number of hydroxylamine groups is 1. The molecule has 2 amide bonds. The van der Waals surface area contributed by atoms with Crippen LogP contribution in [0.25, 0.3) is 21.8 Å². The number of hydrogen-bond acceptors (Lipinski definition) is 8. The molecule has 10 nitrogen and oxygen atoms in total. The number of aromatic nitrogens is 2. The zero-order chi connectivity index (χ0) is 26.9. The van der Waals surface area contributed by atoms with Crippen molar-refractivity contribution in [3.05, 3.63) is 77.9 Å². The van der Waals surface area contributed by atoms with E-state index in [0.717, 1.165) is 16.0 Å². The quantitative estimate of drug-likeness (QED) is 0.275. The monoisotopic (exact) mass is 554 g/mol. The number of hydrogen-bond donors (Lipinski definition) is 2. The summed E-state index contributed by atoms with van der Waals surface area (Å²) in [6.45, 7) is 0.150. The summed E-state index contributed by atoms with van der Waals surface area (Å²) in [5.74, 6) is -0.742. The lowest BCUT2D eigenvalue weighted by molar-refractivity contribution is -0.129. The van der Waals surface area contributed by atoms with Crippen molar-refractivity contribution >= 4 is 33.0 Å². The number of amides is 2. The van der Waals surface area contributed by atoms with E-state index >= 15 is 0 Å². The largest absolute Gasteiger partial charge is 0.444 e. The first-order valence-electron chi connectivity index (χ1n) is 11.9. The third-order valence-electron chi connectivity index (χ3n) is 6.97. The fourth-order valence-electron chi connectivity index (χ4n) is 4.81. The molecule has 0 saturated carbocycles. The summed E-state index contributed by atoms with van der Waals surface area (Å²) >= 11 is 1.28. The van der Waals surface area contributed by atoms with Crippen molar-refractivity contribution in [3.8, 4) is 21.8 Å². The summed E-state index contributed by atoms with van der Waals surface area (Å²) in [5, 5.41) is 9.28. The Bertz CT molecular complexity index is 1560. The standard InChI is InChI=1S/C26H26N4O6S2/c1-29-11-2-3-20(29)25(32)30-12-10-26(15-24(31)28-33,38(34,35)14-13-30)23-9-8-22(37-23)19-6-4-18(5-7-19)21-16-27-17-36-21/h2-9,11,16-17,33H,10,12-15H2,1H3,(H,28,31). The van der Waals surface area contributed by atoms with Gasteiger partial charge in [-0.3, -0.25) is 14.8 Å². The number of aryl methyl sites for hydroxylation is 1. The summed E-state index contributed by atoms with van der Waals surface area (Å²) in [7, 11) is -2.16. The lowest BCUT2D eigenvalue weighted by Crippen LogP contribution is -2.41. The normalized spacial score (nSPS) is 19.2. The van der Waals surface area contributed by atoms with Gasteiger partial charge in [-0.05, 0) is 36.2 Å². The molecule has 3 aromatic heterocycles. The van der Waals surface area contributed by atoms with E-state index in [0.29, 0.717) is 16.3 Å². The third-order valence-corrected chi connectivity index (χ3v) is 10.9. The fraction of sp³-hybridized carbons (Fsp3) is 0.269. The van der Waals surface area contributed by atoms with Crippen LogP contribution in [0.4, 0.5) is 0 Å². The van der Waals surface area contributed by atoms with Crippen LogP contribution in [-0.2, 0) is 26.4 Å². The van der Waals surface area contributed by atoms with E-state index in [9.17, 15) is 23.2 Å². The first-order valence-corrected chi connectivity index (χ1v) is 14.4. The fourth-order valence-corrected chi connectivity index (χ4v) is 8.42. The van der Waals surface area contributed by atoms with E-state index in [1.54, 1.807) is 47.7 Å². The Morgan fingerprint density at radius 3 is 2.55 bits per heavy atom. The van der Waals surface area contributed by atoms with Crippen LogP contribution in [0.1, 0.15) is 28.2 Å². The van der Waals surface area contributed by atoms with Gasteiger partial charge in [0.25, 0.3) is 5.91 Å². The van der Waals surface area contributed by atoms with Gasteiger partial charge in [0.15, 0.2) is 22.0 Å². The molecule has 1 aliphatic rings. The predicted molar refractivity (Wildman–Crippen MR) is 141 cm³/mol. The molecule has 12 heteroatoms. The molecule has 1 atom stereocenters. The lowest BCUT2D eigenvalue weighted by atomic mass is 9.97. The van der Waals surface area contributed by atoms with Crippen LogP contribution < -0.4 is 5.48 Å². The summed E-state index contributed by atoms with van der Waals surface area (Å²) in [4.78, 5) is 32.3. The van der Waals surface area contributed by atoms with Gasteiger partial charge in [-0.25, -0.2) is 18.9 Å². The van der Waals surface area contributed by atoms with Gasteiger partial charge in [-0.1, -0.05) is 24.3 Å². The second-order valence-corrected chi connectivity index (χ2v) is 12.7. The van der Waals surface area contributed by atoms with Crippen LogP contribution in [0.3, 0.4) is 0 Å². The SMILES string of the molecule is Cn1cccc1C(=O)N1CCC(CC(=O)NO)(c2ccc(-c3ccc(-c4cnco4)cc3)s2)S(=O)(=O)CC1. The minimum absolute atomic E-state index is 0.0101. The highest BCUT2D eigenvalue weighted by molar-refractivity contribution is 7.92. The number of sulfone groups is 1. The molecule has 1 fully saturated rings. The van der Waals surface area contributed by atoms with Crippen LogP contribution >= 0.6 is 11.3 Å². The van der Waals surface area contributed by atoms with Crippen molar-refractivity contribution in [1.82, 2.24) is 19.9 Å². The maximum Gasteiger partial charge on any atom is 0.270 e. The van der Waals surface area contributed by atoms with Crippen LogP contribution in [0.5, 0.6) is 0 Å². The average molecular weight is 555 g/mol. The molecule has 1 unspecified atom stereocenters. The van der Waals surface area contributed by atoms with Crippen LogP contribution in [0, 0.1) is 0 Å². The molecule has 1 saturated heterocycles. The molecular formula is C26H26N4O6S2. The van der Waals surface area contributed by atoms with E-state index < -0.39 is 26.9 Å². The van der Waals surface area contributed by atoms with Crippen LogP contribution in [0.15, 0.2) is 71.7 Å². The molecule has 38 heavy (non-hydrogen) atoms. The number of benzene rings is 1. The van der Waals surface area contributed by atoms with Crippen molar-refractivity contribution < 1.29 is 27.6 Å². The number of rotatable bonds is 6. The number of nitrogens with zero attached hydrogens (tertiary/aromatic N) is 3. The van der Waals surface area contributed by atoms with Crippen molar-refractivity contribution in [1.29, 1.82) is 0 Å². The van der Waals surface area contributed by atoms with Gasteiger partial charge < -0.3 is 13.9 Å². The van der Waals surface area contributed by atoms with Gasteiger partial charge in [0.1, 0.15) is 10.4 Å². The van der Waals surface area contributed by atoms with Crippen molar-refractivity contribution in [2.24, 2.45) is 7.05 Å². The number of oxazole rings is 1. The summed E-state index contributed by atoms with van der Waals surface area (Å²) in [6, 6.07) is 14.6.